The van der Waals surface area contributed by atoms with Gasteiger partial charge in [0, 0.05) is 27.7 Å². The molecule has 0 bridgehead atoms. The van der Waals surface area contributed by atoms with Crippen molar-refractivity contribution in [2.24, 2.45) is 0 Å². The quantitative estimate of drug-likeness (QED) is 0.745. The Bertz CT molecular complexity index is 609. The number of benzene rings is 1. The smallest absolute Gasteiger partial charge is 0.230 e. The van der Waals surface area contributed by atoms with Gasteiger partial charge in [0.2, 0.25) is 5.95 Å². The van der Waals surface area contributed by atoms with Crippen LogP contribution in [0, 0.1) is 13.8 Å². The molecular formula is C16H21N3S2. The molecule has 0 aliphatic carbocycles. The second-order valence-electron chi connectivity index (χ2n) is 4.73. The van der Waals surface area contributed by atoms with Gasteiger partial charge in [-0.25, -0.2) is 9.97 Å². The maximum atomic E-state index is 4.60. The number of hydrogen-bond acceptors (Lipinski definition) is 5. The summed E-state index contributed by atoms with van der Waals surface area (Å²) >= 11 is 3.53. The van der Waals surface area contributed by atoms with Crippen LogP contribution in [0.15, 0.2) is 34.1 Å². The normalized spacial score (nSPS) is 10.7. The van der Waals surface area contributed by atoms with Crippen LogP contribution in [0.4, 0.5) is 11.6 Å². The highest BCUT2D eigenvalue weighted by atomic mass is 32.2. The van der Waals surface area contributed by atoms with E-state index < -0.39 is 0 Å². The second kappa shape index (κ2) is 7.18. The Labute approximate surface area is 135 Å². The van der Waals surface area contributed by atoms with Gasteiger partial charge in [0.1, 0.15) is 0 Å². The van der Waals surface area contributed by atoms with Crippen LogP contribution in [0.2, 0.25) is 0 Å². The van der Waals surface area contributed by atoms with Gasteiger partial charge in [-0.2, -0.15) is 0 Å². The van der Waals surface area contributed by atoms with E-state index in [-0.39, 0.29) is 0 Å². The number of anilines is 2. The van der Waals surface area contributed by atoms with Crippen LogP contribution >= 0.6 is 23.5 Å². The summed E-state index contributed by atoms with van der Waals surface area (Å²) in [5, 5.41) is 0. The van der Waals surface area contributed by atoms with Crippen LogP contribution < -0.4 is 4.90 Å². The summed E-state index contributed by atoms with van der Waals surface area (Å²) in [5.74, 6) is 0.780. The van der Waals surface area contributed by atoms with Crippen molar-refractivity contribution >= 4 is 35.2 Å². The molecule has 21 heavy (non-hydrogen) atoms. The van der Waals surface area contributed by atoms with Crippen molar-refractivity contribution in [3.63, 3.8) is 0 Å². The summed E-state index contributed by atoms with van der Waals surface area (Å²) in [7, 11) is 0. The lowest BCUT2D eigenvalue weighted by atomic mass is 10.3. The van der Waals surface area contributed by atoms with Gasteiger partial charge in [-0.15, -0.1) is 23.5 Å². The second-order valence-corrected chi connectivity index (χ2v) is 6.46. The molecule has 0 unspecified atom stereocenters. The van der Waals surface area contributed by atoms with E-state index in [0.29, 0.717) is 0 Å². The van der Waals surface area contributed by atoms with E-state index in [2.05, 4.69) is 52.5 Å². The third-order valence-electron chi connectivity index (χ3n) is 3.21. The summed E-state index contributed by atoms with van der Waals surface area (Å²) in [6, 6.07) is 8.56. The number of aromatic nitrogens is 2. The van der Waals surface area contributed by atoms with Gasteiger partial charge in [-0.3, -0.25) is 0 Å². The first-order chi connectivity index (χ1) is 10.1. The van der Waals surface area contributed by atoms with Crippen LogP contribution in [-0.2, 0) is 0 Å². The van der Waals surface area contributed by atoms with Crippen LogP contribution in [0.5, 0.6) is 0 Å². The Kier molecular flexibility index (Phi) is 5.53. The summed E-state index contributed by atoms with van der Waals surface area (Å²) in [6.07, 6.45) is 4.21. The fourth-order valence-electron chi connectivity index (χ4n) is 2.26. The van der Waals surface area contributed by atoms with Crippen molar-refractivity contribution in [2.45, 2.75) is 30.6 Å². The van der Waals surface area contributed by atoms with E-state index in [9.17, 15) is 0 Å². The van der Waals surface area contributed by atoms with Crippen molar-refractivity contribution in [3.05, 3.63) is 35.7 Å². The molecule has 0 spiro atoms. The molecule has 0 saturated heterocycles. The molecule has 0 saturated carbocycles. The van der Waals surface area contributed by atoms with Crippen LogP contribution in [0.25, 0.3) is 0 Å². The molecule has 0 amide bonds. The first-order valence-electron chi connectivity index (χ1n) is 6.91. The lowest BCUT2D eigenvalue weighted by Gasteiger charge is -2.24. The lowest BCUT2D eigenvalue weighted by molar-refractivity contribution is 0.909. The highest BCUT2D eigenvalue weighted by molar-refractivity contribution is 7.99. The van der Waals surface area contributed by atoms with E-state index in [0.717, 1.165) is 23.9 Å². The molecule has 0 radical (unpaired) electrons. The van der Waals surface area contributed by atoms with Crippen molar-refractivity contribution in [1.82, 2.24) is 9.97 Å². The zero-order valence-corrected chi connectivity index (χ0v) is 14.8. The minimum atomic E-state index is 0.780. The Morgan fingerprint density at radius 3 is 2.19 bits per heavy atom. The number of hydrogen-bond donors (Lipinski definition) is 0. The molecule has 1 aromatic heterocycles. The maximum absolute atomic E-state index is 4.60. The minimum absolute atomic E-state index is 0.780. The molecule has 112 valence electrons. The van der Waals surface area contributed by atoms with Gasteiger partial charge in [-0.05, 0) is 57.5 Å². The van der Waals surface area contributed by atoms with Crippen molar-refractivity contribution in [3.8, 4) is 0 Å². The topological polar surface area (TPSA) is 29.0 Å². The minimum Gasteiger partial charge on any atom is -0.310 e. The van der Waals surface area contributed by atoms with E-state index in [1.165, 1.54) is 15.5 Å². The van der Waals surface area contributed by atoms with Gasteiger partial charge in [0.15, 0.2) is 0 Å². The third kappa shape index (κ3) is 3.71. The molecule has 5 heteroatoms. The third-order valence-corrected chi connectivity index (χ3v) is 4.70. The molecule has 3 nitrogen and oxygen atoms in total. The average molecular weight is 319 g/mol. The molecule has 1 aromatic carbocycles. The zero-order valence-electron chi connectivity index (χ0n) is 13.2. The van der Waals surface area contributed by atoms with E-state index in [1.807, 2.05) is 19.9 Å². The summed E-state index contributed by atoms with van der Waals surface area (Å²) < 4.78 is 0. The largest absolute Gasteiger partial charge is 0.310 e. The molecule has 2 aromatic rings. The van der Waals surface area contributed by atoms with E-state index in [4.69, 9.17) is 0 Å². The number of rotatable bonds is 5. The van der Waals surface area contributed by atoms with Crippen LogP contribution in [-0.4, -0.2) is 29.0 Å². The van der Waals surface area contributed by atoms with Crippen molar-refractivity contribution < 1.29 is 0 Å². The highest BCUT2D eigenvalue weighted by Crippen LogP contribution is 2.35. The number of thioether (sulfide) groups is 2. The van der Waals surface area contributed by atoms with Crippen LogP contribution in [0.1, 0.15) is 18.3 Å². The Balaban J connectivity index is 2.50. The Hall–Kier alpha value is -1.20. The summed E-state index contributed by atoms with van der Waals surface area (Å²) in [4.78, 5) is 13.9. The first kappa shape index (κ1) is 16.2. The van der Waals surface area contributed by atoms with Gasteiger partial charge < -0.3 is 4.90 Å². The standard InChI is InChI=1S/C16H21N3S2/c1-6-19(16-17-11(2)9-12(3)18-16)14-8-7-13(20-4)10-15(14)21-5/h7-10H,6H2,1-5H3. The van der Waals surface area contributed by atoms with Crippen molar-refractivity contribution in [2.75, 3.05) is 24.0 Å². The molecule has 2 rings (SSSR count). The Morgan fingerprint density at radius 2 is 1.67 bits per heavy atom. The van der Waals surface area contributed by atoms with E-state index >= 15 is 0 Å². The highest BCUT2D eigenvalue weighted by Gasteiger charge is 2.15. The Morgan fingerprint density at radius 1 is 1.00 bits per heavy atom. The SMILES string of the molecule is CCN(c1nc(C)cc(C)n1)c1ccc(SC)cc1SC. The molecule has 0 atom stereocenters. The number of aryl methyl sites for hydroxylation is 2. The van der Waals surface area contributed by atoms with Gasteiger partial charge in [0.25, 0.3) is 0 Å². The average Bonchev–Trinajstić information content (AvgIpc) is 2.47. The predicted octanol–water partition coefficient (Wildman–Crippen LogP) is 4.70. The molecule has 0 N–H and O–H groups in total. The van der Waals surface area contributed by atoms with Gasteiger partial charge in [-0.1, -0.05) is 0 Å². The molecule has 1 heterocycles. The van der Waals surface area contributed by atoms with Crippen molar-refractivity contribution in [1.29, 1.82) is 0 Å². The predicted molar refractivity (Wildman–Crippen MR) is 94.2 cm³/mol. The van der Waals surface area contributed by atoms with Gasteiger partial charge >= 0.3 is 0 Å². The lowest BCUT2D eigenvalue weighted by Crippen LogP contribution is -2.20. The summed E-state index contributed by atoms with van der Waals surface area (Å²) in [5.41, 5.74) is 3.18. The monoisotopic (exact) mass is 319 g/mol. The molecular weight excluding hydrogens is 298 g/mol. The molecule has 0 aliphatic heterocycles. The first-order valence-corrected chi connectivity index (χ1v) is 9.35. The van der Waals surface area contributed by atoms with Gasteiger partial charge in [0.05, 0.1) is 5.69 Å². The van der Waals surface area contributed by atoms with E-state index in [1.54, 1.807) is 23.5 Å². The van der Waals surface area contributed by atoms with Crippen LogP contribution in [0.3, 0.4) is 0 Å². The molecule has 0 fully saturated rings. The number of nitrogens with zero attached hydrogens (tertiary/aromatic N) is 3. The maximum Gasteiger partial charge on any atom is 0.230 e. The fourth-order valence-corrected chi connectivity index (χ4v) is 3.40. The zero-order chi connectivity index (χ0) is 15.4. The summed E-state index contributed by atoms with van der Waals surface area (Å²) in [6.45, 7) is 7.00. The molecule has 0 aliphatic rings. The fraction of sp³-hybridized carbons (Fsp3) is 0.375.